The summed E-state index contributed by atoms with van der Waals surface area (Å²) >= 11 is 0. The van der Waals surface area contributed by atoms with Crippen LogP contribution < -0.4 is 4.74 Å². The van der Waals surface area contributed by atoms with Gasteiger partial charge in [0.1, 0.15) is 11.5 Å². The van der Waals surface area contributed by atoms with E-state index in [1.165, 1.54) is 0 Å². The maximum absolute atomic E-state index is 13.4. The second-order valence-electron chi connectivity index (χ2n) is 11.1. The molecule has 2 aromatic rings. The summed E-state index contributed by atoms with van der Waals surface area (Å²) in [4.78, 5) is 30.6. The maximum Gasteiger partial charge on any atom is 0.295 e. The van der Waals surface area contributed by atoms with Crippen LogP contribution in [-0.4, -0.2) is 72.6 Å². The lowest BCUT2D eigenvalue weighted by molar-refractivity contribution is -0.140. The molecule has 1 amide bonds. The van der Waals surface area contributed by atoms with E-state index < -0.39 is 17.7 Å². The molecule has 2 heterocycles. The molecule has 0 aliphatic carbocycles. The number of rotatable bonds is 8. The summed E-state index contributed by atoms with van der Waals surface area (Å²) < 4.78 is 11.2. The Morgan fingerprint density at radius 3 is 2.34 bits per heavy atom. The summed E-state index contributed by atoms with van der Waals surface area (Å²) in [6.45, 7) is 14.9. The topological polar surface area (TPSA) is 79.3 Å². The van der Waals surface area contributed by atoms with Gasteiger partial charge < -0.3 is 19.5 Å². The zero-order valence-electron chi connectivity index (χ0n) is 23.3. The quantitative estimate of drug-likeness (QED) is 0.305. The minimum Gasteiger partial charge on any atom is -0.507 e. The van der Waals surface area contributed by atoms with E-state index in [2.05, 4.69) is 25.7 Å². The molecule has 1 atom stereocenters. The van der Waals surface area contributed by atoms with Gasteiger partial charge in [-0.05, 0) is 53.6 Å². The maximum atomic E-state index is 13.4. The number of benzene rings is 2. The fourth-order valence-corrected chi connectivity index (χ4v) is 5.02. The zero-order chi connectivity index (χ0) is 27.4. The van der Waals surface area contributed by atoms with Crippen LogP contribution in [0.3, 0.4) is 0 Å². The number of aliphatic hydroxyl groups is 1. The first-order chi connectivity index (χ1) is 18.1. The summed E-state index contributed by atoms with van der Waals surface area (Å²) in [7, 11) is 0. The average Bonchev–Trinajstić information content (AvgIpc) is 3.16. The van der Waals surface area contributed by atoms with E-state index >= 15 is 0 Å². The van der Waals surface area contributed by atoms with E-state index in [0.717, 1.165) is 42.0 Å². The molecular formula is C31H40N2O5. The van der Waals surface area contributed by atoms with Gasteiger partial charge in [0.05, 0.1) is 31.4 Å². The van der Waals surface area contributed by atoms with Gasteiger partial charge in [0, 0.05) is 31.7 Å². The average molecular weight is 521 g/mol. The lowest BCUT2D eigenvalue weighted by Gasteiger charge is -2.31. The molecule has 2 aliphatic rings. The molecule has 1 unspecified atom stereocenters. The Bertz CT molecular complexity index is 1190. The minimum atomic E-state index is -0.665. The summed E-state index contributed by atoms with van der Waals surface area (Å²) in [6.07, 6.45) is 0.892. The van der Waals surface area contributed by atoms with Crippen LogP contribution in [0.1, 0.15) is 62.4 Å². The second kappa shape index (κ2) is 11.7. The van der Waals surface area contributed by atoms with Crippen LogP contribution in [-0.2, 0) is 19.7 Å². The molecule has 2 fully saturated rings. The number of aliphatic hydroxyl groups excluding tert-OH is 1. The fourth-order valence-electron chi connectivity index (χ4n) is 5.02. The summed E-state index contributed by atoms with van der Waals surface area (Å²) in [5, 5.41) is 11.5. The number of Topliss-reactive ketones (excluding diaryl/α,β-unsaturated/α-hetero) is 1. The van der Waals surface area contributed by atoms with Crippen LogP contribution in [0.4, 0.5) is 0 Å². The first-order valence-electron chi connectivity index (χ1n) is 13.5. The lowest BCUT2D eigenvalue weighted by Crippen LogP contribution is -2.42. The van der Waals surface area contributed by atoms with E-state index in [1.807, 2.05) is 44.2 Å². The van der Waals surface area contributed by atoms with Crippen molar-refractivity contribution in [3.8, 4) is 5.75 Å². The van der Waals surface area contributed by atoms with E-state index in [1.54, 1.807) is 17.0 Å². The van der Waals surface area contributed by atoms with Gasteiger partial charge in [-0.2, -0.15) is 0 Å². The summed E-state index contributed by atoms with van der Waals surface area (Å²) in [6, 6.07) is 12.7. The Morgan fingerprint density at radius 1 is 1.05 bits per heavy atom. The molecule has 0 bridgehead atoms. The normalized spacial score (nSPS) is 20.2. The molecule has 0 spiro atoms. The Balaban J connectivity index is 1.73. The van der Waals surface area contributed by atoms with E-state index in [-0.39, 0.29) is 16.7 Å². The summed E-state index contributed by atoms with van der Waals surface area (Å²) in [5.41, 5.74) is 3.41. The van der Waals surface area contributed by atoms with Gasteiger partial charge in [-0.25, -0.2) is 0 Å². The molecule has 0 radical (unpaired) electrons. The molecule has 4 rings (SSSR count). The molecule has 2 saturated heterocycles. The van der Waals surface area contributed by atoms with Crippen molar-refractivity contribution in [1.82, 2.24) is 9.80 Å². The third-order valence-electron chi connectivity index (χ3n) is 7.30. The molecule has 0 saturated carbocycles. The monoisotopic (exact) mass is 520 g/mol. The number of morpholine rings is 1. The van der Waals surface area contributed by atoms with Crippen molar-refractivity contribution in [2.24, 2.45) is 0 Å². The van der Waals surface area contributed by atoms with E-state index in [4.69, 9.17) is 9.47 Å². The van der Waals surface area contributed by atoms with Crippen LogP contribution in [0, 0.1) is 6.92 Å². The summed E-state index contributed by atoms with van der Waals surface area (Å²) in [5.74, 6) is -0.654. The van der Waals surface area contributed by atoms with Crippen molar-refractivity contribution >= 4 is 17.4 Å². The van der Waals surface area contributed by atoms with Crippen molar-refractivity contribution in [2.45, 2.75) is 52.5 Å². The van der Waals surface area contributed by atoms with E-state index in [0.29, 0.717) is 38.5 Å². The van der Waals surface area contributed by atoms with Gasteiger partial charge in [0.2, 0.25) is 0 Å². The molecule has 2 aromatic carbocycles. The molecule has 38 heavy (non-hydrogen) atoms. The Morgan fingerprint density at radius 2 is 1.74 bits per heavy atom. The number of likely N-dealkylation sites (tertiary alicyclic amines) is 1. The lowest BCUT2D eigenvalue weighted by atomic mass is 9.85. The number of hydrogen-bond donors (Lipinski definition) is 1. The van der Waals surface area contributed by atoms with Gasteiger partial charge in [0.25, 0.3) is 11.7 Å². The number of carbonyl (C=O) groups excluding carboxylic acids is 2. The highest BCUT2D eigenvalue weighted by molar-refractivity contribution is 6.46. The number of ether oxygens (including phenoxy) is 2. The molecular weight excluding hydrogens is 480 g/mol. The van der Waals surface area contributed by atoms with Gasteiger partial charge in [0.15, 0.2) is 0 Å². The fraction of sp³-hybridized carbons (Fsp3) is 0.484. The molecule has 7 nitrogen and oxygen atoms in total. The largest absolute Gasteiger partial charge is 0.507 e. The van der Waals surface area contributed by atoms with Crippen LogP contribution in [0.25, 0.3) is 5.76 Å². The first kappa shape index (κ1) is 27.9. The van der Waals surface area contributed by atoms with Crippen LogP contribution in [0.2, 0.25) is 0 Å². The number of nitrogens with zero attached hydrogens (tertiary/aromatic N) is 2. The van der Waals surface area contributed by atoms with Crippen molar-refractivity contribution < 1.29 is 24.2 Å². The second-order valence-corrected chi connectivity index (χ2v) is 11.1. The highest BCUT2D eigenvalue weighted by Gasteiger charge is 2.46. The standard InChI is InChI=1S/C31H40N2O5/c1-6-17-38-25-12-9-23(20-21(25)2)28(34)26-27(22-7-10-24(11-8-22)31(3,4)5)33(30(36)29(26)35)14-13-32-15-18-37-19-16-32/h7-12,20,27,34H,6,13-19H2,1-5H3. The first-order valence-corrected chi connectivity index (χ1v) is 13.5. The predicted molar refractivity (Wildman–Crippen MR) is 148 cm³/mol. The smallest absolute Gasteiger partial charge is 0.295 e. The number of ketones is 1. The third-order valence-corrected chi connectivity index (χ3v) is 7.30. The highest BCUT2D eigenvalue weighted by atomic mass is 16.5. The van der Waals surface area contributed by atoms with Crippen molar-refractivity contribution in [3.63, 3.8) is 0 Å². The number of carbonyl (C=O) groups is 2. The molecule has 0 aromatic heterocycles. The highest BCUT2D eigenvalue weighted by Crippen LogP contribution is 2.40. The van der Waals surface area contributed by atoms with Gasteiger partial charge >= 0.3 is 0 Å². The molecule has 1 N–H and O–H groups in total. The van der Waals surface area contributed by atoms with Gasteiger partial charge in [-0.3, -0.25) is 14.5 Å². The molecule has 2 aliphatic heterocycles. The Hall–Kier alpha value is -3.16. The van der Waals surface area contributed by atoms with Crippen LogP contribution >= 0.6 is 0 Å². The van der Waals surface area contributed by atoms with Crippen molar-refractivity contribution in [3.05, 3.63) is 70.3 Å². The van der Waals surface area contributed by atoms with E-state index in [9.17, 15) is 14.7 Å². The molecule has 204 valence electrons. The minimum absolute atomic E-state index is 0.0320. The predicted octanol–water partition coefficient (Wildman–Crippen LogP) is 4.84. The van der Waals surface area contributed by atoms with Crippen molar-refractivity contribution in [2.75, 3.05) is 46.0 Å². The van der Waals surface area contributed by atoms with Gasteiger partial charge in [-0.15, -0.1) is 0 Å². The Kier molecular flexibility index (Phi) is 8.58. The van der Waals surface area contributed by atoms with Crippen molar-refractivity contribution in [1.29, 1.82) is 0 Å². The van der Waals surface area contributed by atoms with Gasteiger partial charge in [-0.1, -0.05) is 52.0 Å². The zero-order valence-corrected chi connectivity index (χ0v) is 23.3. The SMILES string of the molecule is CCCOc1ccc(C(O)=C2C(=O)C(=O)N(CCN3CCOCC3)C2c2ccc(C(C)(C)C)cc2)cc1C. The number of hydrogen-bond acceptors (Lipinski definition) is 6. The number of aryl methyl sites for hydroxylation is 1. The van der Waals surface area contributed by atoms with Crippen LogP contribution in [0.15, 0.2) is 48.0 Å². The number of amides is 1. The molecule has 7 heteroatoms. The third kappa shape index (κ3) is 5.94. The Labute approximate surface area is 226 Å². The van der Waals surface area contributed by atoms with Crippen LogP contribution in [0.5, 0.6) is 5.75 Å².